The van der Waals surface area contributed by atoms with E-state index in [2.05, 4.69) is 10.3 Å². The lowest BCUT2D eigenvalue weighted by molar-refractivity contribution is -0.124. The van der Waals surface area contributed by atoms with Crippen molar-refractivity contribution in [1.29, 1.82) is 0 Å². The van der Waals surface area contributed by atoms with Crippen LogP contribution in [-0.4, -0.2) is 34.0 Å². The number of hydrogen-bond donors (Lipinski definition) is 2. The maximum atomic E-state index is 12.3. The number of carboxylic acids is 1. The fourth-order valence-corrected chi connectivity index (χ4v) is 2.14. The first-order valence-electron chi connectivity index (χ1n) is 7.37. The second-order valence-electron chi connectivity index (χ2n) is 5.03. The van der Waals surface area contributed by atoms with Crippen LogP contribution in [0.4, 0.5) is 5.69 Å². The smallest absolute Gasteiger partial charge is 0.339 e. The van der Waals surface area contributed by atoms with Gasteiger partial charge in [-0.15, -0.1) is 0 Å². The van der Waals surface area contributed by atoms with Gasteiger partial charge in [-0.25, -0.2) is 9.59 Å². The molecule has 1 aromatic heterocycles. The number of pyridine rings is 1. The normalized spacial score (nSPS) is 11.4. The number of carboxylic acid groups (broad SMARTS) is 1. The van der Waals surface area contributed by atoms with Crippen LogP contribution in [-0.2, 0) is 9.53 Å². The van der Waals surface area contributed by atoms with E-state index in [1.54, 1.807) is 6.92 Å². The Morgan fingerprint density at radius 3 is 2.48 bits per heavy atom. The van der Waals surface area contributed by atoms with Crippen molar-refractivity contribution in [1.82, 2.24) is 4.98 Å². The Balaban J connectivity index is 2.11. The number of hydrogen-bond acceptors (Lipinski definition) is 5. The van der Waals surface area contributed by atoms with Gasteiger partial charge in [0.2, 0.25) is 0 Å². The SMILES string of the molecule is CCC(OC(=O)c1ccncc1)C(=O)Nc1cc(C(=O)O)ccc1Cl. The monoisotopic (exact) mass is 362 g/mol. The van der Waals surface area contributed by atoms with E-state index in [-0.39, 0.29) is 28.3 Å². The van der Waals surface area contributed by atoms with Gasteiger partial charge in [0.05, 0.1) is 21.8 Å². The number of carbonyl (C=O) groups excluding carboxylic acids is 2. The maximum absolute atomic E-state index is 12.3. The molecule has 7 nitrogen and oxygen atoms in total. The molecule has 0 bridgehead atoms. The number of nitrogens with zero attached hydrogens (tertiary/aromatic N) is 1. The van der Waals surface area contributed by atoms with Crippen molar-refractivity contribution in [3.8, 4) is 0 Å². The molecular formula is C17H15ClN2O5. The molecule has 0 spiro atoms. The van der Waals surface area contributed by atoms with Crippen LogP contribution in [0, 0.1) is 0 Å². The minimum absolute atomic E-state index is 0.0264. The molecule has 1 atom stereocenters. The summed E-state index contributed by atoms with van der Waals surface area (Å²) in [6, 6.07) is 6.87. The number of aromatic carboxylic acids is 1. The van der Waals surface area contributed by atoms with Crippen molar-refractivity contribution >= 4 is 35.1 Å². The Hall–Kier alpha value is -2.93. The van der Waals surface area contributed by atoms with Gasteiger partial charge >= 0.3 is 11.9 Å². The molecule has 1 unspecified atom stereocenters. The molecule has 1 aromatic carbocycles. The van der Waals surface area contributed by atoms with Crippen LogP contribution >= 0.6 is 11.6 Å². The summed E-state index contributed by atoms with van der Waals surface area (Å²) in [6.45, 7) is 1.68. The van der Waals surface area contributed by atoms with Crippen molar-refractivity contribution in [2.45, 2.75) is 19.4 Å². The molecule has 2 aromatic rings. The molecule has 8 heteroatoms. The first kappa shape index (κ1) is 18.4. The van der Waals surface area contributed by atoms with E-state index in [1.165, 1.54) is 42.7 Å². The summed E-state index contributed by atoms with van der Waals surface area (Å²) in [5.41, 5.74) is 0.374. The summed E-state index contributed by atoms with van der Waals surface area (Å²) in [4.78, 5) is 39.2. The van der Waals surface area contributed by atoms with Gasteiger partial charge in [-0.05, 0) is 36.8 Å². The number of aromatic nitrogens is 1. The molecule has 0 saturated heterocycles. The van der Waals surface area contributed by atoms with Crippen molar-refractivity contribution in [2.24, 2.45) is 0 Å². The summed E-state index contributed by atoms with van der Waals surface area (Å²) in [5.74, 6) is -2.41. The fourth-order valence-electron chi connectivity index (χ4n) is 1.97. The number of nitrogens with one attached hydrogen (secondary N) is 1. The Kier molecular flexibility index (Phi) is 6.08. The second-order valence-corrected chi connectivity index (χ2v) is 5.43. The zero-order valence-corrected chi connectivity index (χ0v) is 14.0. The van der Waals surface area contributed by atoms with Gasteiger partial charge in [-0.2, -0.15) is 0 Å². The third-order valence-electron chi connectivity index (χ3n) is 3.30. The number of anilines is 1. The highest BCUT2D eigenvalue weighted by atomic mass is 35.5. The highest BCUT2D eigenvalue weighted by Crippen LogP contribution is 2.23. The third-order valence-corrected chi connectivity index (χ3v) is 3.63. The van der Waals surface area contributed by atoms with Crippen LogP contribution in [0.15, 0.2) is 42.7 Å². The predicted molar refractivity (Wildman–Crippen MR) is 90.8 cm³/mol. The molecule has 0 saturated carbocycles. The first-order chi connectivity index (χ1) is 11.9. The van der Waals surface area contributed by atoms with E-state index in [1.807, 2.05) is 0 Å². The number of esters is 1. The highest BCUT2D eigenvalue weighted by molar-refractivity contribution is 6.34. The van der Waals surface area contributed by atoms with Crippen molar-refractivity contribution in [2.75, 3.05) is 5.32 Å². The molecule has 2 N–H and O–H groups in total. The minimum Gasteiger partial charge on any atom is -0.478 e. The third kappa shape index (κ3) is 4.77. The van der Waals surface area contributed by atoms with Gasteiger partial charge in [-0.3, -0.25) is 9.78 Å². The van der Waals surface area contributed by atoms with Gasteiger partial charge in [-0.1, -0.05) is 18.5 Å². The van der Waals surface area contributed by atoms with Gasteiger partial charge in [0.15, 0.2) is 6.10 Å². The van der Waals surface area contributed by atoms with Crippen molar-refractivity contribution in [3.05, 3.63) is 58.9 Å². The van der Waals surface area contributed by atoms with E-state index in [0.717, 1.165) is 0 Å². The van der Waals surface area contributed by atoms with Gasteiger partial charge in [0.25, 0.3) is 5.91 Å². The van der Waals surface area contributed by atoms with Crippen LogP contribution in [0.5, 0.6) is 0 Å². The molecule has 2 rings (SSSR count). The van der Waals surface area contributed by atoms with Crippen LogP contribution in [0.2, 0.25) is 5.02 Å². The molecular weight excluding hydrogens is 348 g/mol. The molecule has 0 aliphatic carbocycles. The number of benzene rings is 1. The quantitative estimate of drug-likeness (QED) is 0.765. The van der Waals surface area contributed by atoms with E-state index < -0.39 is 23.9 Å². The number of rotatable bonds is 6. The first-order valence-corrected chi connectivity index (χ1v) is 7.75. The fraction of sp³-hybridized carbons (Fsp3) is 0.176. The van der Waals surface area contributed by atoms with Gasteiger partial charge < -0.3 is 15.2 Å². The Morgan fingerprint density at radius 1 is 1.20 bits per heavy atom. The summed E-state index contributed by atoms with van der Waals surface area (Å²) in [5, 5.41) is 11.7. The zero-order chi connectivity index (χ0) is 18.4. The van der Waals surface area contributed by atoms with E-state index in [0.29, 0.717) is 0 Å². The lowest BCUT2D eigenvalue weighted by atomic mass is 10.2. The molecule has 0 fully saturated rings. The average molecular weight is 363 g/mol. The molecule has 0 aliphatic rings. The standard InChI is InChI=1S/C17H15ClN2O5/c1-2-14(25-17(24)10-5-7-19-8-6-10)15(21)20-13-9-11(16(22)23)3-4-12(13)18/h3-9,14H,2H2,1H3,(H,20,21)(H,22,23). The van der Waals surface area contributed by atoms with Gasteiger partial charge in [0.1, 0.15) is 0 Å². The Labute approximate surface area is 148 Å². The molecule has 25 heavy (non-hydrogen) atoms. The van der Waals surface area contributed by atoms with E-state index in [4.69, 9.17) is 21.4 Å². The number of carbonyl (C=O) groups is 3. The summed E-state index contributed by atoms with van der Waals surface area (Å²) in [7, 11) is 0. The van der Waals surface area contributed by atoms with Crippen LogP contribution in [0.3, 0.4) is 0 Å². The summed E-state index contributed by atoms with van der Waals surface area (Å²) < 4.78 is 5.20. The molecule has 0 aliphatic heterocycles. The Bertz CT molecular complexity index is 795. The number of amides is 1. The average Bonchev–Trinajstić information content (AvgIpc) is 2.61. The Morgan fingerprint density at radius 2 is 1.88 bits per heavy atom. The van der Waals surface area contributed by atoms with Crippen molar-refractivity contribution < 1.29 is 24.2 Å². The van der Waals surface area contributed by atoms with Crippen LogP contribution < -0.4 is 5.32 Å². The zero-order valence-electron chi connectivity index (χ0n) is 13.2. The lowest BCUT2D eigenvalue weighted by Crippen LogP contribution is -2.32. The summed E-state index contributed by atoms with van der Waals surface area (Å²) in [6.07, 6.45) is 2.06. The minimum atomic E-state index is -1.15. The second kappa shape index (κ2) is 8.25. The molecule has 1 heterocycles. The number of halogens is 1. The largest absolute Gasteiger partial charge is 0.478 e. The maximum Gasteiger partial charge on any atom is 0.339 e. The van der Waals surface area contributed by atoms with Crippen molar-refractivity contribution in [3.63, 3.8) is 0 Å². The molecule has 0 radical (unpaired) electrons. The molecule has 1 amide bonds. The highest BCUT2D eigenvalue weighted by Gasteiger charge is 2.23. The predicted octanol–water partition coefficient (Wildman–Crippen LogP) is 3.01. The van der Waals surface area contributed by atoms with Gasteiger partial charge in [0, 0.05) is 12.4 Å². The van der Waals surface area contributed by atoms with E-state index in [9.17, 15) is 14.4 Å². The summed E-state index contributed by atoms with van der Waals surface area (Å²) >= 11 is 5.97. The number of ether oxygens (including phenoxy) is 1. The lowest BCUT2D eigenvalue weighted by Gasteiger charge is -2.17. The topological polar surface area (TPSA) is 106 Å². The molecule has 130 valence electrons. The van der Waals surface area contributed by atoms with E-state index >= 15 is 0 Å². The van der Waals surface area contributed by atoms with Crippen LogP contribution in [0.25, 0.3) is 0 Å². The van der Waals surface area contributed by atoms with Crippen LogP contribution in [0.1, 0.15) is 34.1 Å².